The third-order valence-electron chi connectivity index (χ3n) is 1.77. The molecule has 2 N–H and O–H groups in total. The van der Waals surface area contributed by atoms with E-state index in [4.69, 9.17) is 16.7 Å². The first-order valence-corrected chi connectivity index (χ1v) is 4.64. The Hall–Kier alpha value is -1.55. The number of aliphatic carboxylic acids is 1. The molecule has 80 valence electrons. The van der Waals surface area contributed by atoms with Crippen molar-refractivity contribution in [2.75, 3.05) is 5.32 Å². The second-order valence-corrected chi connectivity index (χ2v) is 3.51. The Morgan fingerprint density at radius 2 is 2.13 bits per heavy atom. The lowest BCUT2D eigenvalue weighted by atomic mass is 10.2. The topological polar surface area (TPSA) is 66.4 Å². The maximum absolute atomic E-state index is 11.1. The third-order valence-corrected chi connectivity index (χ3v) is 2.01. The minimum absolute atomic E-state index is 0.540. The van der Waals surface area contributed by atoms with Crippen molar-refractivity contribution >= 4 is 29.2 Å². The van der Waals surface area contributed by atoms with Gasteiger partial charge in [-0.15, -0.1) is 0 Å². The fraction of sp³-hybridized carbons (Fsp3) is 0.200. The minimum atomic E-state index is -1.15. The van der Waals surface area contributed by atoms with Crippen LogP contribution in [-0.2, 0) is 9.59 Å². The zero-order chi connectivity index (χ0) is 11.4. The van der Waals surface area contributed by atoms with Crippen LogP contribution in [0.4, 0.5) is 5.69 Å². The molecule has 0 aliphatic heterocycles. The number of anilines is 1. The number of hydrogen-bond donors (Lipinski definition) is 2. The van der Waals surface area contributed by atoms with E-state index in [2.05, 4.69) is 5.32 Å². The largest absolute Gasteiger partial charge is 0.481 e. The van der Waals surface area contributed by atoms with Gasteiger partial charge >= 0.3 is 5.97 Å². The number of rotatable bonds is 3. The molecule has 0 heterocycles. The van der Waals surface area contributed by atoms with E-state index >= 15 is 0 Å². The summed E-state index contributed by atoms with van der Waals surface area (Å²) < 4.78 is 0. The number of halogens is 1. The van der Waals surface area contributed by atoms with Crippen LogP contribution < -0.4 is 5.32 Å². The van der Waals surface area contributed by atoms with Gasteiger partial charge in [-0.25, -0.2) is 0 Å². The van der Waals surface area contributed by atoms with Crippen LogP contribution in [-0.4, -0.2) is 17.0 Å². The van der Waals surface area contributed by atoms with Crippen LogP contribution >= 0.6 is 11.6 Å². The molecule has 0 fully saturated rings. The number of amides is 1. The number of carboxylic acid groups (broad SMARTS) is 1. The lowest BCUT2D eigenvalue weighted by Crippen LogP contribution is -2.16. The fourth-order valence-electron chi connectivity index (χ4n) is 1.10. The predicted molar refractivity (Wildman–Crippen MR) is 57.1 cm³/mol. The standard InChI is InChI=1S/C10H10ClNO3/c1-6-4-7(11)2-3-8(6)12-9(13)5-10(14)15/h2-4H,5H2,1H3,(H,12,13)(H,14,15). The number of carboxylic acids is 1. The maximum atomic E-state index is 11.1. The summed E-state index contributed by atoms with van der Waals surface area (Å²) in [6.45, 7) is 1.78. The maximum Gasteiger partial charge on any atom is 0.312 e. The molecule has 1 amide bonds. The van der Waals surface area contributed by atoms with Crippen LogP contribution in [0, 0.1) is 6.92 Å². The van der Waals surface area contributed by atoms with Gasteiger partial charge in [0.2, 0.25) is 5.91 Å². The Labute approximate surface area is 91.9 Å². The molecule has 5 heteroatoms. The highest BCUT2D eigenvalue weighted by molar-refractivity contribution is 6.30. The van der Waals surface area contributed by atoms with Crippen molar-refractivity contribution in [3.63, 3.8) is 0 Å². The van der Waals surface area contributed by atoms with Gasteiger partial charge < -0.3 is 10.4 Å². The van der Waals surface area contributed by atoms with Crippen LogP contribution in [0.15, 0.2) is 18.2 Å². The molecule has 1 aromatic carbocycles. The lowest BCUT2D eigenvalue weighted by molar-refractivity contribution is -0.139. The summed E-state index contributed by atoms with van der Waals surface area (Å²) in [5.41, 5.74) is 1.37. The first-order chi connectivity index (χ1) is 6.99. The molecule has 0 aliphatic rings. The van der Waals surface area contributed by atoms with Gasteiger partial charge in [-0.05, 0) is 30.7 Å². The molecule has 0 bridgehead atoms. The molecule has 4 nitrogen and oxygen atoms in total. The van der Waals surface area contributed by atoms with Gasteiger partial charge in [-0.2, -0.15) is 0 Å². The Morgan fingerprint density at radius 3 is 2.67 bits per heavy atom. The number of aryl methyl sites for hydroxylation is 1. The molecule has 0 aromatic heterocycles. The van der Waals surface area contributed by atoms with Gasteiger partial charge in [0.25, 0.3) is 0 Å². The summed E-state index contributed by atoms with van der Waals surface area (Å²) in [6, 6.07) is 4.96. The smallest absolute Gasteiger partial charge is 0.312 e. The van der Waals surface area contributed by atoms with Gasteiger partial charge in [0, 0.05) is 10.7 Å². The van der Waals surface area contributed by atoms with Crippen LogP contribution in [0.25, 0.3) is 0 Å². The van der Waals surface area contributed by atoms with E-state index in [0.717, 1.165) is 5.56 Å². The highest BCUT2D eigenvalue weighted by atomic mass is 35.5. The average Bonchev–Trinajstić information content (AvgIpc) is 2.08. The van der Waals surface area contributed by atoms with E-state index in [1.54, 1.807) is 25.1 Å². The highest BCUT2D eigenvalue weighted by Gasteiger charge is 2.08. The molecule has 0 radical (unpaired) electrons. The molecular formula is C10H10ClNO3. The molecule has 0 atom stereocenters. The van der Waals surface area contributed by atoms with E-state index < -0.39 is 18.3 Å². The van der Waals surface area contributed by atoms with Gasteiger partial charge in [-0.3, -0.25) is 9.59 Å². The molecule has 0 saturated carbocycles. The molecule has 0 spiro atoms. The number of hydrogen-bond acceptors (Lipinski definition) is 2. The average molecular weight is 228 g/mol. The van der Waals surface area contributed by atoms with Crippen molar-refractivity contribution in [3.05, 3.63) is 28.8 Å². The second kappa shape index (κ2) is 4.79. The predicted octanol–water partition coefficient (Wildman–Crippen LogP) is 2.06. The summed E-state index contributed by atoms with van der Waals surface area (Å²) in [5.74, 6) is -1.70. The summed E-state index contributed by atoms with van der Waals surface area (Å²) in [7, 11) is 0. The number of carbonyl (C=O) groups is 2. The first kappa shape index (κ1) is 11.5. The van der Waals surface area contributed by atoms with Crippen molar-refractivity contribution in [1.82, 2.24) is 0 Å². The summed E-state index contributed by atoms with van der Waals surface area (Å²) in [4.78, 5) is 21.4. The Morgan fingerprint density at radius 1 is 1.47 bits per heavy atom. The summed E-state index contributed by atoms with van der Waals surface area (Å²) in [6.07, 6.45) is -0.540. The van der Waals surface area contributed by atoms with Crippen LogP contribution in [0.5, 0.6) is 0 Å². The third kappa shape index (κ3) is 3.59. The second-order valence-electron chi connectivity index (χ2n) is 3.08. The fourth-order valence-corrected chi connectivity index (χ4v) is 1.33. The quantitative estimate of drug-likeness (QED) is 0.777. The molecule has 15 heavy (non-hydrogen) atoms. The molecule has 0 aliphatic carbocycles. The Kier molecular flexibility index (Phi) is 3.68. The normalized spacial score (nSPS) is 9.73. The SMILES string of the molecule is Cc1cc(Cl)ccc1NC(=O)CC(=O)O. The van der Waals surface area contributed by atoms with E-state index in [-0.39, 0.29) is 0 Å². The molecule has 0 saturated heterocycles. The van der Waals surface area contributed by atoms with Crippen LogP contribution in [0.3, 0.4) is 0 Å². The van der Waals surface area contributed by atoms with Gasteiger partial charge in [-0.1, -0.05) is 11.6 Å². The molecule has 1 rings (SSSR count). The van der Waals surface area contributed by atoms with Gasteiger partial charge in [0.15, 0.2) is 0 Å². The highest BCUT2D eigenvalue weighted by Crippen LogP contribution is 2.19. The summed E-state index contributed by atoms with van der Waals surface area (Å²) in [5, 5.41) is 11.5. The van der Waals surface area contributed by atoms with Crippen molar-refractivity contribution in [3.8, 4) is 0 Å². The van der Waals surface area contributed by atoms with Crippen LogP contribution in [0.2, 0.25) is 5.02 Å². The number of benzene rings is 1. The van der Waals surface area contributed by atoms with Gasteiger partial charge in [0.1, 0.15) is 6.42 Å². The summed E-state index contributed by atoms with van der Waals surface area (Å²) >= 11 is 5.73. The lowest BCUT2D eigenvalue weighted by Gasteiger charge is -2.07. The Bertz CT molecular complexity index is 404. The van der Waals surface area contributed by atoms with Crippen molar-refractivity contribution in [2.45, 2.75) is 13.3 Å². The van der Waals surface area contributed by atoms with Crippen molar-refractivity contribution in [1.29, 1.82) is 0 Å². The zero-order valence-corrected chi connectivity index (χ0v) is 8.84. The van der Waals surface area contributed by atoms with Crippen molar-refractivity contribution < 1.29 is 14.7 Å². The first-order valence-electron chi connectivity index (χ1n) is 4.27. The molecule has 0 unspecified atom stereocenters. The molecular weight excluding hydrogens is 218 g/mol. The monoisotopic (exact) mass is 227 g/mol. The van der Waals surface area contributed by atoms with Crippen LogP contribution in [0.1, 0.15) is 12.0 Å². The van der Waals surface area contributed by atoms with E-state index in [0.29, 0.717) is 10.7 Å². The Balaban J connectivity index is 2.72. The van der Waals surface area contributed by atoms with E-state index in [1.165, 1.54) is 0 Å². The van der Waals surface area contributed by atoms with E-state index in [9.17, 15) is 9.59 Å². The van der Waals surface area contributed by atoms with Crippen molar-refractivity contribution in [2.24, 2.45) is 0 Å². The van der Waals surface area contributed by atoms with Gasteiger partial charge in [0.05, 0.1) is 0 Å². The van der Waals surface area contributed by atoms with E-state index in [1.807, 2.05) is 0 Å². The number of nitrogens with one attached hydrogen (secondary N) is 1. The molecule has 1 aromatic rings. The zero-order valence-electron chi connectivity index (χ0n) is 8.08. The number of carbonyl (C=O) groups excluding carboxylic acids is 1. The minimum Gasteiger partial charge on any atom is -0.481 e.